The molecule has 0 amide bonds. The number of fused-ring (bicyclic) bond motifs is 2. The highest BCUT2D eigenvalue weighted by Crippen LogP contribution is 2.48. The third-order valence-corrected chi connectivity index (χ3v) is 7.79. The predicted molar refractivity (Wildman–Crippen MR) is 119 cm³/mol. The van der Waals surface area contributed by atoms with Crippen LogP contribution in [-0.2, 0) is 0 Å². The van der Waals surface area contributed by atoms with Crippen molar-refractivity contribution in [1.82, 2.24) is 9.80 Å². The highest BCUT2D eigenvalue weighted by Gasteiger charge is 2.27. The third kappa shape index (κ3) is 4.18. The topological polar surface area (TPSA) is 9.72 Å². The van der Waals surface area contributed by atoms with Crippen LogP contribution in [0.3, 0.4) is 0 Å². The molecule has 0 unspecified atom stereocenters. The number of benzene rings is 2. The molecule has 5 heteroatoms. The monoisotopic (exact) mass is 411 g/mol. The molecule has 3 aliphatic rings. The van der Waals surface area contributed by atoms with Gasteiger partial charge in [0, 0.05) is 22.4 Å². The summed E-state index contributed by atoms with van der Waals surface area (Å²) in [5.74, 6) is -0.155. The Morgan fingerprint density at radius 2 is 1.62 bits per heavy atom. The Labute approximate surface area is 177 Å². The smallest absolute Gasteiger partial charge is 0.125 e. The van der Waals surface area contributed by atoms with Gasteiger partial charge in [-0.05, 0) is 95.2 Å². The number of para-hydroxylation sites is 1. The fourth-order valence-corrected chi connectivity index (χ4v) is 6.19. The Morgan fingerprint density at radius 3 is 2.45 bits per heavy atom. The normalized spacial score (nSPS) is 20.7. The summed E-state index contributed by atoms with van der Waals surface area (Å²) >= 11 is 1.75. The first-order valence-corrected chi connectivity index (χ1v) is 11.9. The molecule has 0 spiro atoms. The van der Waals surface area contributed by atoms with Crippen molar-refractivity contribution >= 4 is 23.1 Å². The summed E-state index contributed by atoms with van der Waals surface area (Å²) in [4.78, 5) is 10.1. The van der Waals surface area contributed by atoms with Crippen LogP contribution in [0.5, 0.6) is 0 Å². The Hall–Kier alpha value is -1.56. The number of hydrogen-bond donors (Lipinski definition) is 0. The lowest BCUT2D eigenvalue weighted by Gasteiger charge is -2.37. The maximum atomic E-state index is 14.0. The van der Waals surface area contributed by atoms with Gasteiger partial charge < -0.3 is 14.7 Å². The van der Waals surface area contributed by atoms with E-state index in [1.807, 2.05) is 6.07 Å². The number of hydrogen-bond acceptors (Lipinski definition) is 4. The molecule has 2 aromatic carbocycles. The molecule has 0 atom stereocenters. The SMILES string of the molecule is Fc1ccc2c(c1)N(CCCN1CCC(N3CCCC3)CC1)c1ccccc1S2. The summed E-state index contributed by atoms with van der Waals surface area (Å²) in [6, 6.07) is 14.5. The fourth-order valence-electron chi connectivity index (χ4n) is 5.11. The van der Waals surface area contributed by atoms with Crippen LogP contribution in [0.4, 0.5) is 15.8 Å². The summed E-state index contributed by atoms with van der Waals surface area (Å²) in [6.45, 7) is 7.13. The molecule has 0 aliphatic carbocycles. The average molecular weight is 412 g/mol. The van der Waals surface area contributed by atoms with Gasteiger partial charge >= 0.3 is 0 Å². The van der Waals surface area contributed by atoms with E-state index in [1.165, 1.54) is 62.4 Å². The fraction of sp³-hybridized carbons (Fsp3) is 0.500. The highest BCUT2D eigenvalue weighted by molar-refractivity contribution is 7.99. The van der Waals surface area contributed by atoms with Crippen LogP contribution in [0.25, 0.3) is 0 Å². The van der Waals surface area contributed by atoms with Crippen molar-refractivity contribution in [3.8, 4) is 0 Å². The Balaban J connectivity index is 1.21. The molecule has 3 aliphatic heterocycles. The van der Waals surface area contributed by atoms with E-state index in [0.717, 1.165) is 36.1 Å². The molecule has 0 radical (unpaired) electrons. The van der Waals surface area contributed by atoms with Gasteiger partial charge in [0.25, 0.3) is 0 Å². The minimum absolute atomic E-state index is 0.155. The zero-order chi connectivity index (χ0) is 19.6. The van der Waals surface area contributed by atoms with E-state index >= 15 is 0 Å². The van der Waals surface area contributed by atoms with E-state index < -0.39 is 0 Å². The molecule has 154 valence electrons. The summed E-state index contributed by atoms with van der Waals surface area (Å²) in [5.41, 5.74) is 2.23. The van der Waals surface area contributed by atoms with Crippen LogP contribution in [0.15, 0.2) is 52.3 Å². The molecule has 2 saturated heterocycles. The van der Waals surface area contributed by atoms with Crippen LogP contribution >= 0.6 is 11.8 Å². The standard InChI is InChI=1S/C24H30FN3S/c25-19-8-9-24-22(18-19)28(21-6-1-2-7-23(21)29-24)15-5-12-26-16-10-20(11-17-26)27-13-3-4-14-27/h1-2,6-9,18,20H,3-5,10-17H2. The zero-order valence-corrected chi connectivity index (χ0v) is 17.8. The van der Waals surface area contributed by atoms with E-state index in [4.69, 9.17) is 0 Å². The lowest BCUT2D eigenvalue weighted by molar-refractivity contribution is 0.126. The van der Waals surface area contributed by atoms with Crippen molar-refractivity contribution in [2.45, 2.75) is 47.9 Å². The minimum atomic E-state index is -0.155. The minimum Gasteiger partial charge on any atom is -0.340 e. The summed E-state index contributed by atoms with van der Waals surface area (Å²) in [7, 11) is 0. The van der Waals surface area contributed by atoms with Crippen LogP contribution in [0.2, 0.25) is 0 Å². The first kappa shape index (κ1) is 19.4. The second kappa shape index (κ2) is 8.66. The third-order valence-electron chi connectivity index (χ3n) is 6.66. The molecule has 3 nitrogen and oxygen atoms in total. The molecule has 3 heterocycles. The Bertz CT molecular complexity index is 844. The first-order chi connectivity index (χ1) is 14.3. The summed E-state index contributed by atoms with van der Waals surface area (Å²) in [6.07, 6.45) is 6.51. The van der Waals surface area contributed by atoms with E-state index in [-0.39, 0.29) is 5.82 Å². The largest absolute Gasteiger partial charge is 0.340 e. The summed E-state index contributed by atoms with van der Waals surface area (Å²) in [5, 5.41) is 0. The van der Waals surface area contributed by atoms with Gasteiger partial charge in [-0.3, -0.25) is 0 Å². The van der Waals surface area contributed by atoms with Gasteiger partial charge in [-0.2, -0.15) is 0 Å². The van der Waals surface area contributed by atoms with Gasteiger partial charge in [0.1, 0.15) is 5.82 Å². The van der Waals surface area contributed by atoms with Crippen LogP contribution in [-0.4, -0.2) is 55.1 Å². The summed E-state index contributed by atoms with van der Waals surface area (Å²) < 4.78 is 14.0. The number of halogens is 1. The van der Waals surface area contributed by atoms with Gasteiger partial charge in [0.05, 0.1) is 11.4 Å². The average Bonchev–Trinajstić information content (AvgIpc) is 3.29. The number of anilines is 2. The van der Waals surface area contributed by atoms with Crippen LogP contribution in [0.1, 0.15) is 32.1 Å². The number of nitrogens with zero attached hydrogens (tertiary/aromatic N) is 3. The van der Waals surface area contributed by atoms with Crippen molar-refractivity contribution < 1.29 is 4.39 Å². The van der Waals surface area contributed by atoms with Crippen LogP contribution in [0, 0.1) is 5.82 Å². The first-order valence-electron chi connectivity index (χ1n) is 11.1. The van der Waals surface area contributed by atoms with Crippen molar-refractivity contribution in [3.63, 3.8) is 0 Å². The molecule has 2 fully saturated rings. The highest BCUT2D eigenvalue weighted by atomic mass is 32.2. The van der Waals surface area contributed by atoms with Gasteiger partial charge in [0.2, 0.25) is 0 Å². The molecule has 0 N–H and O–H groups in total. The Kier molecular flexibility index (Phi) is 5.80. The number of likely N-dealkylation sites (tertiary alicyclic amines) is 2. The molecule has 0 saturated carbocycles. The van der Waals surface area contributed by atoms with E-state index in [0.29, 0.717) is 0 Å². The van der Waals surface area contributed by atoms with Crippen molar-refractivity contribution in [1.29, 1.82) is 0 Å². The molecule has 2 aromatic rings. The lowest BCUT2D eigenvalue weighted by atomic mass is 10.0. The van der Waals surface area contributed by atoms with E-state index in [9.17, 15) is 4.39 Å². The quantitative estimate of drug-likeness (QED) is 0.653. The van der Waals surface area contributed by atoms with Gasteiger partial charge in [-0.15, -0.1) is 0 Å². The van der Waals surface area contributed by atoms with Crippen molar-refractivity contribution in [3.05, 3.63) is 48.3 Å². The lowest BCUT2D eigenvalue weighted by Crippen LogP contribution is -2.44. The molecular formula is C24H30FN3S. The maximum absolute atomic E-state index is 14.0. The van der Waals surface area contributed by atoms with E-state index in [2.05, 4.69) is 39.0 Å². The molecule has 0 bridgehead atoms. The van der Waals surface area contributed by atoms with Gasteiger partial charge in [0.15, 0.2) is 0 Å². The predicted octanol–water partition coefficient (Wildman–Crippen LogP) is 5.38. The number of rotatable bonds is 5. The van der Waals surface area contributed by atoms with Gasteiger partial charge in [-0.25, -0.2) is 4.39 Å². The molecule has 5 rings (SSSR count). The second-order valence-corrected chi connectivity index (χ2v) is 9.59. The van der Waals surface area contributed by atoms with E-state index in [1.54, 1.807) is 23.9 Å². The molecule has 29 heavy (non-hydrogen) atoms. The zero-order valence-electron chi connectivity index (χ0n) is 17.0. The van der Waals surface area contributed by atoms with Crippen LogP contribution < -0.4 is 4.90 Å². The molecule has 0 aromatic heterocycles. The second-order valence-electron chi connectivity index (χ2n) is 8.50. The van der Waals surface area contributed by atoms with Crippen molar-refractivity contribution in [2.75, 3.05) is 44.2 Å². The number of piperidine rings is 1. The van der Waals surface area contributed by atoms with Gasteiger partial charge in [-0.1, -0.05) is 23.9 Å². The Morgan fingerprint density at radius 1 is 0.862 bits per heavy atom. The maximum Gasteiger partial charge on any atom is 0.125 e. The molecular weight excluding hydrogens is 381 g/mol. The van der Waals surface area contributed by atoms with Crippen molar-refractivity contribution in [2.24, 2.45) is 0 Å².